The van der Waals surface area contributed by atoms with E-state index in [-0.39, 0.29) is 12.8 Å². The summed E-state index contributed by atoms with van der Waals surface area (Å²) in [6.45, 7) is 1.72. The lowest BCUT2D eigenvalue weighted by molar-refractivity contribution is -0.143. The van der Waals surface area contributed by atoms with Crippen molar-refractivity contribution in [3.8, 4) is 0 Å². The minimum absolute atomic E-state index is 0.0590. The first kappa shape index (κ1) is 27.2. The molecule has 0 aromatic heterocycles. The smallest absolute Gasteiger partial charge is 0.328 e. The van der Waals surface area contributed by atoms with Crippen molar-refractivity contribution in [3.05, 3.63) is 0 Å². The summed E-state index contributed by atoms with van der Waals surface area (Å²) in [7, 11) is 0. The van der Waals surface area contributed by atoms with Gasteiger partial charge < -0.3 is 42.7 Å². The van der Waals surface area contributed by atoms with Gasteiger partial charge in [-0.2, -0.15) is 0 Å². The van der Waals surface area contributed by atoms with Crippen molar-refractivity contribution >= 4 is 29.6 Å². The summed E-state index contributed by atoms with van der Waals surface area (Å²) < 4.78 is 0. The Morgan fingerprint density at radius 3 is 1.87 bits per heavy atom. The number of aliphatic carboxylic acids is 1. The van der Waals surface area contributed by atoms with E-state index in [4.69, 9.17) is 21.7 Å². The van der Waals surface area contributed by atoms with Crippen LogP contribution in [-0.4, -0.2) is 82.3 Å². The Balaban J connectivity index is 5.17. The molecule has 0 heterocycles. The van der Waals surface area contributed by atoms with Crippen LogP contribution >= 0.6 is 0 Å². The van der Waals surface area contributed by atoms with Crippen LogP contribution in [0, 0.1) is 5.92 Å². The lowest BCUT2D eigenvalue weighted by Gasteiger charge is -2.27. The predicted molar refractivity (Wildman–Crippen MR) is 103 cm³/mol. The standard InChI is InChI=1S/C17H31N5O8/c1-3-8(2)13(16(28)21-11(7-24)17(29)30)22-15(27)10(6-23)20-14(26)9(18)4-5-12(19)25/h8-11,13,23-24H,3-7,18H2,1-2H3,(H2,19,25)(H,20,26)(H,21,28)(H,22,27)(H,29,30). The van der Waals surface area contributed by atoms with Gasteiger partial charge in [0.25, 0.3) is 0 Å². The van der Waals surface area contributed by atoms with E-state index in [0.29, 0.717) is 6.42 Å². The highest BCUT2D eigenvalue weighted by Gasteiger charge is 2.32. The molecule has 0 saturated heterocycles. The van der Waals surface area contributed by atoms with Gasteiger partial charge in [0, 0.05) is 6.42 Å². The van der Waals surface area contributed by atoms with Crippen LogP contribution in [-0.2, 0) is 24.0 Å². The first-order valence-corrected chi connectivity index (χ1v) is 9.37. The Labute approximate surface area is 173 Å². The van der Waals surface area contributed by atoms with Crippen LogP contribution < -0.4 is 27.4 Å². The average molecular weight is 433 g/mol. The predicted octanol–water partition coefficient (Wildman–Crippen LogP) is -3.85. The number of hydrogen-bond donors (Lipinski definition) is 8. The fraction of sp³-hybridized carbons (Fsp3) is 0.706. The molecule has 0 aliphatic rings. The van der Waals surface area contributed by atoms with Crippen LogP contribution in [0.4, 0.5) is 0 Å². The van der Waals surface area contributed by atoms with Gasteiger partial charge in [0.05, 0.1) is 19.3 Å². The van der Waals surface area contributed by atoms with Gasteiger partial charge in [0.2, 0.25) is 23.6 Å². The van der Waals surface area contributed by atoms with Gasteiger partial charge in [-0.15, -0.1) is 0 Å². The number of amides is 4. The third-order valence-corrected chi connectivity index (χ3v) is 4.44. The van der Waals surface area contributed by atoms with Crippen LogP contribution in [0.15, 0.2) is 0 Å². The molecule has 0 aromatic carbocycles. The van der Waals surface area contributed by atoms with Gasteiger partial charge in [0.1, 0.15) is 18.1 Å². The van der Waals surface area contributed by atoms with Crippen molar-refractivity contribution in [3.63, 3.8) is 0 Å². The summed E-state index contributed by atoms with van der Waals surface area (Å²) in [5, 5.41) is 34.2. The van der Waals surface area contributed by atoms with Gasteiger partial charge in [0.15, 0.2) is 0 Å². The molecular weight excluding hydrogens is 402 g/mol. The fourth-order valence-corrected chi connectivity index (χ4v) is 2.30. The van der Waals surface area contributed by atoms with E-state index >= 15 is 0 Å². The second-order valence-electron chi connectivity index (χ2n) is 6.81. The Morgan fingerprint density at radius 2 is 1.43 bits per heavy atom. The number of aliphatic hydroxyl groups is 2. The number of hydrogen-bond acceptors (Lipinski definition) is 8. The topological polar surface area (TPSA) is 234 Å². The van der Waals surface area contributed by atoms with E-state index in [0.717, 1.165) is 0 Å². The molecule has 0 spiro atoms. The molecule has 0 aliphatic heterocycles. The van der Waals surface area contributed by atoms with Gasteiger partial charge in [-0.1, -0.05) is 20.3 Å². The molecule has 0 bridgehead atoms. The molecule has 5 atom stereocenters. The lowest BCUT2D eigenvalue weighted by atomic mass is 9.97. The molecule has 0 rings (SSSR count). The first-order valence-electron chi connectivity index (χ1n) is 9.37. The molecule has 5 unspecified atom stereocenters. The largest absolute Gasteiger partial charge is 0.480 e. The van der Waals surface area contributed by atoms with Gasteiger partial charge in [-0.25, -0.2) is 4.79 Å². The fourth-order valence-electron chi connectivity index (χ4n) is 2.30. The number of nitrogens with one attached hydrogen (secondary N) is 3. The van der Waals surface area contributed by atoms with Crippen LogP contribution in [0.25, 0.3) is 0 Å². The molecule has 13 heteroatoms. The molecule has 30 heavy (non-hydrogen) atoms. The van der Waals surface area contributed by atoms with Crippen molar-refractivity contribution in [1.29, 1.82) is 0 Å². The minimum atomic E-state index is -1.56. The summed E-state index contributed by atoms with van der Waals surface area (Å²) in [5.41, 5.74) is 10.6. The zero-order valence-electron chi connectivity index (χ0n) is 17.0. The molecule has 4 amide bonds. The maximum atomic E-state index is 12.5. The minimum Gasteiger partial charge on any atom is -0.480 e. The summed E-state index contributed by atoms with van der Waals surface area (Å²) in [5.74, 6) is -5.09. The highest BCUT2D eigenvalue weighted by Crippen LogP contribution is 2.09. The number of carbonyl (C=O) groups is 5. The number of carbonyl (C=O) groups excluding carboxylic acids is 4. The zero-order chi connectivity index (χ0) is 23.4. The van der Waals surface area contributed by atoms with Crippen molar-refractivity contribution in [2.75, 3.05) is 13.2 Å². The lowest BCUT2D eigenvalue weighted by Crippen LogP contribution is -2.59. The summed E-state index contributed by atoms with van der Waals surface area (Å²) in [6, 6.07) is -5.33. The molecule has 172 valence electrons. The van der Waals surface area contributed by atoms with E-state index in [1.54, 1.807) is 13.8 Å². The second-order valence-corrected chi connectivity index (χ2v) is 6.81. The maximum Gasteiger partial charge on any atom is 0.328 e. The van der Waals surface area contributed by atoms with Crippen molar-refractivity contribution in [2.45, 2.75) is 57.3 Å². The normalized spacial score (nSPS) is 15.8. The van der Waals surface area contributed by atoms with E-state index in [9.17, 15) is 29.1 Å². The highest BCUT2D eigenvalue weighted by molar-refractivity contribution is 5.94. The van der Waals surface area contributed by atoms with Crippen molar-refractivity contribution < 1.29 is 39.3 Å². The summed E-state index contributed by atoms with van der Waals surface area (Å²) >= 11 is 0. The van der Waals surface area contributed by atoms with Crippen LogP contribution in [0.5, 0.6) is 0 Å². The number of nitrogens with two attached hydrogens (primary N) is 2. The molecule has 0 aliphatic carbocycles. The van der Waals surface area contributed by atoms with Crippen LogP contribution in [0.3, 0.4) is 0 Å². The summed E-state index contributed by atoms with van der Waals surface area (Å²) in [4.78, 5) is 58.7. The zero-order valence-corrected chi connectivity index (χ0v) is 17.0. The molecule has 0 radical (unpaired) electrons. The third kappa shape index (κ3) is 9.15. The van der Waals surface area contributed by atoms with E-state index in [1.165, 1.54) is 0 Å². The Hall–Kier alpha value is -2.77. The highest BCUT2D eigenvalue weighted by atomic mass is 16.4. The third-order valence-electron chi connectivity index (χ3n) is 4.44. The number of carboxylic acid groups (broad SMARTS) is 1. The Bertz CT molecular complexity index is 629. The maximum absolute atomic E-state index is 12.5. The molecule has 13 nitrogen and oxygen atoms in total. The monoisotopic (exact) mass is 433 g/mol. The van der Waals surface area contributed by atoms with Gasteiger partial charge in [-0.05, 0) is 12.3 Å². The quantitative estimate of drug-likeness (QED) is 0.134. The Kier molecular flexibility index (Phi) is 12.2. The van der Waals surface area contributed by atoms with E-state index in [1.807, 2.05) is 0 Å². The van der Waals surface area contributed by atoms with Crippen molar-refractivity contribution in [1.82, 2.24) is 16.0 Å². The number of aliphatic hydroxyl groups excluding tert-OH is 2. The van der Waals surface area contributed by atoms with Gasteiger partial charge >= 0.3 is 5.97 Å². The molecule has 0 aromatic rings. The second kappa shape index (κ2) is 13.5. The van der Waals surface area contributed by atoms with Crippen LogP contribution in [0.2, 0.25) is 0 Å². The van der Waals surface area contributed by atoms with Gasteiger partial charge in [-0.3, -0.25) is 19.2 Å². The number of rotatable bonds is 14. The molecular formula is C17H31N5O8. The van der Waals surface area contributed by atoms with E-state index in [2.05, 4.69) is 16.0 Å². The summed E-state index contributed by atoms with van der Waals surface area (Å²) in [6.07, 6.45) is 0.233. The molecule has 0 fully saturated rings. The van der Waals surface area contributed by atoms with Crippen LogP contribution in [0.1, 0.15) is 33.1 Å². The molecule has 0 saturated carbocycles. The SMILES string of the molecule is CCC(C)C(NC(=O)C(CO)NC(=O)C(N)CCC(N)=O)C(=O)NC(CO)C(=O)O. The number of carboxylic acids is 1. The Morgan fingerprint density at radius 1 is 0.900 bits per heavy atom. The number of primary amides is 1. The molecule has 10 N–H and O–H groups in total. The first-order chi connectivity index (χ1) is 14.0. The van der Waals surface area contributed by atoms with Crippen molar-refractivity contribution in [2.24, 2.45) is 17.4 Å². The van der Waals surface area contributed by atoms with E-state index < -0.39 is 72.9 Å². The average Bonchev–Trinajstić information content (AvgIpc) is 2.70.